The zero-order chi connectivity index (χ0) is 30.8. The third kappa shape index (κ3) is 6.58. The number of aliphatic carboxylic acids is 1. The van der Waals surface area contributed by atoms with E-state index in [1.54, 1.807) is 30.9 Å². The summed E-state index contributed by atoms with van der Waals surface area (Å²) in [6, 6.07) is 6.53. The first kappa shape index (κ1) is 31.0. The van der Waals surface area contributed by atoms with Crippen molar-refractivity contribution in [1.29, 1.82) is 0 Å². The molecule has 0 bridgehead atoms. The average molecular weight is 595 g/mol. The SMILES string of the molecule is CCOC1=CC(CN2CCC3(CC2)CN(C2=CCC(C(C)(C)C(=O)O)C=C2)C(=O)O3)=CC(OCC)C1c1ccc(F)cc1. The number of carbonyl (C=O) groups is 2. The van der Waals surface area contributed by atoms with Crippen molar-refractivity contribution in [3.8, 4) is 0 Å². The Bertz CT molecular complexity index is 1320. The molecule has 3 unspecified atom stereocenters. The van der Waals surface area contributed by atoms with Crippen LogP contribution in [0.3, 0.4) is 0 Å². The molecular weight excluding hydrogens is 551 g/mol. The van der Waals surface area contributed by atoms with Gasteiger partial charge in [0.05, 0.1) is 30.6 Å². The van der Waals surface area contributed by atoms with Crippen molar-refractivity contribution in [2.24, 2.45) is 11.3 Å². The Morgan fingerprint density at radius 3 is 2.49 bits per heavy atom. The highest BCUT2D eigenvalue weighted by Gasteiger charge is 2.48. The maximum absolute atomic E-state index is 13.6. The van der Waals surface area contributed by atoms with Gasteiger partial charge in [-0.3, -0.25) is 14.6 Å². The molecule has 1 N–H and O–H groups in total. The second-order valence-corrected chi connectivity index (χ2v) is 12.4. The topological polar surface area (TPSA) is 88.5 Å². The number of halogens is 1. The molecule has 8 nitrogen and oxygen atoms in total. The number of carboxylic acids is 1. The number of benzene rings is 1. The minimum atomic E-state index is -0.880. The molecule has 1 aromatic rings. The second kappa shape index (κ2) is 12.7. The Morgan fingerprint density at radius 2 is 1.88 bits per heavy atom. The number of amides is 1. The van der Waals surface area contributed by atoms with Crippen molar-refractivity contribution in [2.45, 2.75) is 64.6 Å². The highest BCUT2D eigenvalue weighted by atomic mass is 19.1. The number of carbonyl (C=O) groups excluding carboxylic acids is 1. The number of rotatable bonds is 10. The van der Waals surface area contributed by atoms with Crippen LogP contribution in [0.15, 0.2) is 71.7 Å². The van der Waals surface area contributed by atoms with Crippen LogP contribution in [0.25, 0.3) is 0 Å². The van der Waals surface area contributed by atoms with Gasteiger partial charge in [-0.2, -0.15) is 0 Å². The van der Waals surface area contributed by atoms with E-state index in [4.69, 9.17) is 14.2 Å². The smallest absolute Gasteiger partial charge is 0.415 e. The van der Waals surface area contributed by atoms with Crippen LogP contribution in [0, 0.1) is 17.2 Å². The second-order valence-electron chi connectivity index (χ2n) is 12.4. The van der Waals surface area contributed by atoms with Crippen molar-refractivity contribution in [3.63, 3.8) is 0 Å². The lowest BCUT2D eigenvalue weighted by atomic mass is 9.75. The summed E-state index contributed by atoms with van der Waals surface area (Å²) in [5.74, 6) is -0.567. The van der Waals surface area contributed by atoms with Crippen LogP contribution in [-0.2, 0) is 19.0 Å². The molecule has 1 aromatic carbocycles. The Balaban J connectivity index is 1.22. The van der Waals surface area contributed by atoms with E-state index in [-0.39, 0.29) is 29.9 Å². The molecule has 0 radical (unpaired) electrons. The van der Waals surface area contributed by atoms with Gasteiger partial charge in [0.1, 0.15) is 17.2 Å². The summed E-state index contributed by atoms with van der Waals surface area (Å²) >= 11 is 0. The highest BCUT2D eigenvalue weighted by molar-refractivity contribution is 5.75. The standard InChI is InChI=1S/C34H43FN2O6/c1-5-41-28-19-23(20-29(42-6-2)30(28)24-7-11-26(35)12-8-24)21-36-17-15-34(16-18-36)22-37(32(40)43-34)27-13-9-25(10-14-27)33(3,4)31(38)39/h7-9,11-14,19-20,25,28,30H,5-6,10,15-18,21-22H2,1-4H3,(H,38,39). The Labute approximate surface area is 253 Å². The van der Waals surface area contributed by atoms with Crippen LogP contribution >= 0.6 is 0 Å². The summed E-state index contributed by atoms with van der Waals surface area (Å²) < 4.78 is 31.9. The molecule has 2 aliphatic heterocycles. The van der Waals surface area contributed by atoms with Crippen molar-refractivity contribution in [2.75, 3.05) is 39.4 Å². The zero-order valence-corrected chi connectivity index (χ0v) is 25.6. The number of nitrogens with zero attached hydrogens (tertiary/aromatic N) is 2. The van der Waals surface area contributed by atoms with Gasteiger partial charge in [-0.1, -0.05) is 30.4 Å². The van der Waals surface area contributed by atoms with Crippen molar-refractivity contribution < 1.29 is 33.3 Å². The molecule has 0 saturated carbocycles. The number of allylic oxidation sites excluding steroid dienone is 3. The molecule has 2 fully saturated rings. The van der Waals surface area contributed by atoms with Gasteiger partial charge >= 0.3 is 12.1 Å². The predicted molar refractivity (Wildman–Crippen MR) is 161 cm³/mol. The zero-order valence-electron chi connectivity index (χ0n) is 25.6. The molecular formula is C34H43FN2O6. The number of ether oxygens (including phenoxy) is 3. The first-order valence-electron chi connectivity index (χ1n) is 15.3. The quantitative estimate of drug-likeness (QED) is 0.354. The lowest BCUT2D eigenvalue weighted by Crippen LogP contribution is -2.47. The van der Waals surface area contributed by atoms with Gasteiger partial charge in [-0.05, 0) is 75.5 Å². The van der Waals surface area contributed by atoms with Crippen molar-refractivity contribution >= 4 is 12.1 Å². The van der Waals surface area contributed by atoms with E-state index in [2.05, 4.69) is 17.1 Å². The number of hydrogen-bond acceptors (Lipinski definition) is 6. The summed E-state index contributed by atoms with van der Waals surface area (Å²) in [6.45, 7) is 11.2. The number of hydrogen-bond donors (Lipinski definition) is 1. The molecule has 9 heteroatoms. The van der Waals surface area contributed by atoms with Gasteiger partial charge in [-0.25, -0.2) is 9.18 Å². The van der Waals surface area contributed by atoms with Crippen LogP contribution in [0.5, 0.6) is 0 Å². The van der Waals surface area contributed by atoms with Gasteiger partial charge in [-0.15, -0.1) is 0 Å². The molecule has 1 amide bonds. The fraction of sp³-hybridized carbons (Fsp3) is 0.529. The van der Waals surface area contributed by atoms with Crippen LogP contribution in [0.2, 0.25) is 0 Å². The van der Waals surface area contributed by atoms with Gasteiger partial charge in [0.2, 0.25) is 0 Å². The molecule has 3 atom stereocenters. The van der Waals surface area contributed by atoms with E-state index in [9.17, 15) is 19.1 Å². The van der Waals surface area contributed by atoms with Gasteiger partial charge in [0.15, 0.2) is 0 Å². The lowest BCUT2D eigenvalue weighted by molar-refractivity contribution is -0.149. The Morgan fingerprint density at radius 1 is 1.16 bits per heavy atom. The summed E-state index contributed by atoms with van der Waals surface area (Å²) in [7, 11) is 0. The molecule has 1 spiro atoms. The monoisotopic (exact) mass is 594 g/mol. The molecule has 4 aliphatic rings. The van der Waals surface area contributed by atoms with E-state index in [0.717, 1.165) is 55.1 Å². The maximum atomic E-state index is 13.6. The molecule has 0 aromatic heterocycles. The summed E-state index contributed by atoms with van der Waals surface area (Å²) in [5, 5.41) is 9.57. The number of carboxylic acid groups (broad SMARTS) is 1. The van der Waals surface area contributed by atoms with Gasteiger partial charge < -0.3 is 19.3 Å². The van der Waals surface area contributed by atoms with E-state index in [0.29, 0.717) is 26.2 Å². The minimum Gasteiger partial charge on any atom is -0.497 e. The molecule has 232 valence electrons. The Kier molecular flexibility index (Phi) is 9.13. The molecule has 43 heavy (non-hydrogen) atoms. The van der Waals surface area contributed by atoms with Gasteiger partial charge in [0, 0.05) is 44.8 Å². The number of likely N-dealkylation sites (tertiary alicyclic amines) is 1. The fourth-order valence-electron chi connectivity index (χ4n) is 6.51. The van der Waals surface area contributed by atoms with Crippen molar-refractivity contribution in [3.05, 3.63) is 83.1 Å². The van der Waals surface area contributed by atoms with Crippen LogP contribution < -0.4 is 0 Å². The normalized spacial score (nSPS) is 25.7. The number of piperidine rings is 1. The highest BCUT2D eigenvalue weighted by Crippen LogP contribution is 2.40. The maximum Gasteiger partial charge on any atom is 0.415 e. The first-order valence-corrected chi connectivity index (χ1v) is 15.3. The summed E-state index contributed by atoms with van der Waals surface area (Å²) in [5.41, 5.74) is 1.42. The third-order valence-corrected chi connectivity index (χ3v) is 9.25. The van der Waals surface area contributed by atoms with Crippen molar-refractivity contribution in [1.82, 2.24) is 9.80 Å². The van der Waals surface area contributed by atoms with Crippen LogP contribution in [0.1, 0.15) is 58.4 Å². The van der Waals surface area contributed by atoms with E-state index in [1.165, 1.54) is 12.1 Å². The van der Waals surface area contributed by atoms with Crippen LogP contribution in [0.4, 0.5) is 9.18 Å². The lowest BCUT2D eigenvalue weighted by Gasteiger charge is -2.38. The molecule has 5 rings (SSSR count). The third-order valence-electron chi connectivity index (χ3n) is 9.25. The predicted octanol–water partition coefficient (Wildman–Crippen LogP) is 6.03. The molecule has 2 aliphatic carbocycles. The minimum absolute atomic E-state index is 0.135. The summed E-state index contributed by atoms with van der Waals surface area (Å²) in [4.78, 5) is 28.7. The Hall–Kier alpha value is -3.43. The van der Waals surface area contributed by atoms with E-state index >= 15 is 0 Å². The van der Waals surface area contributed by atoms with Gasteiger partial charge in [0.25, 0.3) is 0 Å². The van der Waals surface area contributed by atoms with E-state index in [1.807, 2.05) is 32.1 Å². The average Bonchev–Trinajstić information content (AvgIpc) is 3.30. The largest absolute Gasteiger partial charge is 0.497 e. The fourth-order valence-corrected chi connectivity index (χ4v) is 6.51. The first-order chi connectivity index (χ1) is 20.5. The van der Waals surface area contributed by atoms with Crippen LogP contribution in [-0.4, -0.2) is 78.1 Å². The summed E-state index contributed by atoms with van der Waals surface area (Å²) in [6.07, 6.45) is 11.4. The molecule has 2 saturated heterocycles. The molecule has 2 heterocycles. The van der Waals surface area contributed by atoms with E-state index < -0.39 is 17.0 Å².